The smallest absolute Gasteiger partial charge is 0.228 e. The van der Waals surface area contributed by atoms with Gasteiger partial charge in [0.2, 0.25) is 11.8 Å². The monoisotopic (exact) mass is 456 g/mol. The molecule has 4 rings (SSSR count). The van der Waals surface area contributed by atoms with Crippen LogP contribution in [0.5, 0.6) is 5.88 Å². The molecule has 10 nitrogen and oxygen atoms in total. The molecular weight excluding hydrogens is 420 g/mol. The van der Waals surface area contributed by atoms with Crippen molar-refractivity contribution in [2.45, 2.75) is 64.8 Å². The van der Waals surface area contributed by atoms with Gasteiger partial charge >= 0.3 is 0 Å². The maximum Gasteiger partial charge on any atom is 0.228 e. The first-order chi connectivity index (χ1) is 15.8. The van der Waals surface area contributed by atoms with E-state index in [4.69, 9.17) is 14.2 Å². The predicted octanol–water partition coefficient (Wildman–Crippen LogP) is 3.06. The molecule has 180 valence electrons. The second-order valence-electron chi connectivity index (χ2n) is 9.54. The van der Waals surface area contributed by atoms with E-state index in [2.05, 4.69) is 77.3 Å². The lowest BCUT2D eigenvalue weighted by atomic mass is 9.97. The molecule has 2 aromatic heterocycles. The average molecular weight is 457 g/mol. The summed E-state index contributed by atoms with van der Waals surface area (Å²) < 4.78 is 11.7. The molecule has 10 heteroatoms. The fourth-order valence-electron chi connectivity index (χ4n) is 4.01. The lowest BCUT2D eigenvalue weighted by molar-refractivity contribution is 0.100. The first-order valence-electron chi connectivity index (χ1n) is 11.7. The molecule has 0 spiro atoms. The summed E-state index contributed by atoms with van der Waals surface area (Å²) in [4.78, 5) is 11.6. The van der Waals surface area contributed by atoms with Crippen molar-refractivity contribution in [2.75, 3.05) is 30.8 Å². The van der Waals surface area contributed by atoms with Gasteiger partial charge in [-0.15, -0.1) is 0 Å². The van der Waals surface area contributed by atoms with Crippen LogP contribution >= 0.6 is 0 Å². The van der Waals surface area contributed by atoms with E-state index in [1.165, 1.54) is 0 Å². The maximum atomic E-state index is 6.29. The van der Waals surface area contributed by atoms with Crippen molar-refractivity contribution < 1.29 is 9.26 Å². The van der Waals surface area contributed by atoms with Gasteiger partial charge in [-0.3, -0.25) is 0 Å². The van der Waals surface area contributed by atoms with Crippen molar-refractivity contribution in [1.29, 1.82) is 0 Å². The van der Waals surface area contributed by atoms with Crippen molar-refractivity contribution >= 4 is 11.8 Å². The minimum absolute atomic E-state index is 0.104. The van der Waals surface area contributed by atoms with Crippen molar-refractivity contribution in [3.63, 3.8) is 0 Å². The minimum Gasteiger partial charge on any atom is -0.473 e. The summed E-state index contributed by atoms with van der Waals surface area (Å²) >= 11 is 0. The van der Waals surface area contributed by atoms with Gasteiger partial charge in [-0.2, -0.15) is 9.97 Å². The molecule has 2 atom stereocenters. The van der Waals surface area contributed by atoms with Gasteiger partial charge in [-0.05, 0) is 44.3 Å². The van der Waals surface area contributed by atoms with Crippen LogP contribution in [0, 0.1) is 5.92 Å². The molecule has 0 saturated carbocycles. The molecule has 2 aromatic rings. The molecule has 4 N–H and O–H groups in total. The third kappa shape index (κ3) is 5.75. The normalized spacial score (nSPS) is 23.2. The fraction of sp³-hybridized carbons (Fsp3) is 0.609. The van der Waals surface area contributed by atoms with Crippen LogP contribution in [-0.4, -0.2) is 51.9 Å². The Balaban J connectivity index is 1.54. The van der Waals surface area contributed by atoms with Crippen molar-refractivity contribution in [2.24, 2.45) is 5.92 Å². The number of rotatable bonds is 9. The van der Waals surface area contributed by atoms with Crippen LogP contribution in [0.25, 0.3) is 0 Å². The highest BCUT2D eigenvalue weighted by atomic mass is 16.5. The number of piperidine rings is 1. The third-order valence-corrected chi connectivity index (χ3v) is 6.11. The average Bonchev–Trinajstić information content (AvgIpc) is 3.43. The quantitative estimate of drug-likeness (QED) is 0.449. The summed E-state index contributed by atoms with van der Waals surface area (Å²) in [6.07, 6.45) is 6.18. The van der Waals surface area contributed by atoms with Crippen LogP contribution in [0.3, 0.4) is 0 Å². The number of nitrogens with one attached hydrogen (secondary N) is 4. The fourth-order valence-corrected chi connectivity index (χ4v) is 4.01. The highest BCUT2D eigenvalue weighted by Crippen LogP contribution is 2.27. The molecule has 2 aliphatic heterocycles. The van der Waals surface area contributed by atoms with Gasteiger partial charge in [0, 0.05) is 24.9 Å². The van der Waals surface area contributed by atoms with Crippen molar-refractivity contribution in [3.8, 4) is 5.88 Å². The number of hydrogen-bond acceptors (Lipinski definition) is 10. The van der Waals surface area contributed by atoms with E-state index in [0.29, 0.717) is 30.1 Å². The van der Waals surface area contributed by atoms with E-state index in [1.807, 2.05) is 18.3 Å². The summed E-state index contributed by atoms with van der Waals surface area (Å²) in [5, 5.41) is 10.9. The van der Waals surface area contributed by atoms with Crippen molar-refractivity contribution in [1.82, 2.24) is 30.9 Å². The minimum atomic E-state index is -0.467. The number of anilines is 2. The van der Waals surface area contributed by atoms with Gasteiger partial charge in [0.05, 0.1) is 12.2 Å². The number of likely N-dealkylation sites (tertiary alicyclic amines) is 1. The Morgan fingerprint density at radius 2 is 2.12 bits per heavy atom. The van der Waals surface area contributed by atoms with E-state index in [1.54, 1.807) is 0 Å². The van der Waals surface area contributed by atoms with Crippen LogP contribution in [0.2, 0.25) is 0 Å². The molecule has 2 aliphatic rings. The standard InChI is InChI=1S/C23H36N8O2/c1-15(2)19-11-18(33-29-19)13-24-22-26-20(28-23(16(3)4)8-9-25-30-23)12-21(27-22)32-17-7-6-10-31(5)14-17/h8-9,11-12,15-17,25,30H,6-7,10,13-14H2,1-5H3,(H2,24,26,27,28). The number of aromatic nitrogens is 3. The number of nitrogens with zero attached hydrogens (tertiary/aromatic N) is 4. The third-order valence-electron chi connectivity index (χ3n) is 6.11. The zero-order valence-corrected chi connectivity index (χ0v) is 20.2. The highest BCUT2D eigenvalue weighted by Gasteiger charge is 2.34. The van der Waals surface area contributed by atoms with Gasteiger partial charge < -0.3 is 30.2 Å². The van der Waals surface area contributed by atoms with Gasteiger partial charge in [-0.1, -0.05) is 32.9 Å². The van der Waals surface area contributed by atoms with Crippen molar-refractivity contribution in [3.05, 3.63) is 35.9 Å². The summed E-state index contributed by atoms with van der Waals surface area (Å²) in [6, 6.07) is 3.82. The molecule has 4 heterocycles. The van der Waals surface area contributed by atoms with E-state index >= 15 is 0 Å². The highest BCUT2D eigenvalue weighted by molar-refractivity contribution is 5.48. The molecule has 33 heavy (non-hydrogen) atoms. The zero-order chi connectivity index (χ0) is 23.4. The molecular formula is C23H36N8O2. The maximum absolute atomic E-state index is 6.29. The molecule has 0 radical (unpaired) electrons. The summed E-state index contributed by atoms with van der Waals surface area (Å²) in [5.74, 6) is 2.99. The van der Waals surface area contributed by atoms with Crippen LogP contribution in [0.4, 0.5) is 11.8 Å². The molecule has 0 aromatic carbocycles. The Labute approximate surface area is 195 Å². The van der Waals surface area contributed by atoms with Crippen LogP contribution in [0.15, 0.2) is 28.9 Å². The molecule has 2 unspecified atom stereocenters. The topological polar surface area (TPSA) is 112 Å². The second-order valence-corrected chi connectivity index (χ2v) is 9.54. The zero-order valence-electron chi connectivity index (χ0n) is 20.2. The Hall–Kier alpha value is -2.85. The van der Waals surface area contributed by atoms with E-state index in [-0.39, 0.29) is 12.0 Å². The van der Waals surface area contributed by atoms with Crippen LogP contribution in [0.1, 0.15) is 57.9 Å². The largest absolute Gasteiger partial charge is 0.473 e. The summed E-state index contributed by atoms with van der Waals surface area (Å²) in [5.41, 5.74) is 6.82. The molecule has 1 saturated heterocycles. The Bertz CT molecular complexity index is 960. The molecule has 0 bridgehead atoms. The molecule has 1 fully saturated rings. The van der Waals surface area contributed by atoms with Gasteiger partial charge in [-0.25, -0.2) is 5.43 Å². The number of likely N-dealkylation sites (N-methyl/N-ethyl adjacent to an activating group) is 1. The Morgan fingerprint density at radius 3 is 2.79 bits per heavy atom. The SMILES string of the molecule is CC(C)c1cc(CNc2nc(NC3(C(C)C)C=CNN3)cc(OC3CCCN(C)C3)n2)on1. The Kier molecular flexibility index (Phi) is 7.04. The second kappa shape index (κ2) is 9.96. The first kappa shape index (κ1) is 23.3. The molecule has 0 aliphatic carbocycles. The number of hydrogen-bond donors (Lipinski definition) is 4. The number of ether oxygens (including phenoxy) is 1. The molecule has 0 amide bonds. The first-order valence-corrected chi connectivity index (χ1v) is 11.7. The van der Waals surface area contributed by atoms with Gasteiger partial charge in [0.15, 0.2) is 5.76 Å². The Morgan fingerprint density at radius 1 is 1.27 bits per heavy atom. The lowest BCUT2D eigenvalue weighted by Gasteiger charge is -2.33. The van der Waals surface area contributed by atoms with Gasteiger partial charge in [0.1, 0.15) is 17.6 Å². The van der Waals surface area contributed by atoms with Crippen LogP contribution < -0.4 is 26.2 Å². The summed E-state index contributed by atoms with van der Waals surface area (Å²) in [6.45, 7) is 10.9. The van der Waals surface area contributed by atoms with E-state index in [0.717, 1.165) is 37.4 Å². The summed E-state index contributed by atoms with van der Waals surface area (Å²) in [7, 11) is 2.12. The van der Waals surface area contributed by atoms with Gasteiger partial charge in [0.25, 0.3) is 0 Å². The van der Waals surface area contributed by atoms with E-state index < -0.39 is 5.66 Å². The predicted molar refractivity (Wildman–Crippen MR) is 128 cm³/mol. The van der Waals surface area contributed by atoms with Crippen LogP contribution in [-0.2, 0) is 6.54 Å². The number of hydrazine groups is 1. The van der Waals surface area contributed by atoms with E-state index in [9.17, 15) is 0 Å². The lowest BCUT2D eigenvalue weighted by Crippen LogP contribution is -2.54.